The van der Waals surface area contributed by atoms with Gasteiger partial charge in [0.1, 0.15) is 5.75 Å². The Morgan fingerprint density at radius 1 is 1.09 bits per heavy atom. The van der Waals surface area contributed by atoms with E-state index in [-0.39, 0.29) is 0 Å². The monoisotopic (exact) mass is 296 g/mol. The van der Waals surface area contributed by atoms with Crippen molar-refractivity contribution in [3.8, 4) is 5.75 Å². The molecule has 3 aromatic rings. The molecule has 0 fully saturated rings. The van der Waals surface area contributed by atoms with Crippen molar-refractivity contribution >= 4 is 21.8 Å². The Labute approximate surface area is 131 Å². The van der Waals surface area contributed by atoms with E-state index in [1.54, 1.807) is 7.11 Å². The molecule has 0 bridgehead atoms. The van der Waals surface area contributed by atoms with Crippen molar-refractivity contribution in [1.82, 2.24) is 9.55 Å². The Hall–Kier alpha value is -2.03. The molecule has 0 spiro atoms. The fourth-order valence-corrected chi connectivity index (χ4v) is 3.26. The summed E-state index contributed by atoms with van der Waals surface area (Å²) >= 11 is 0. The highest BCUT2D eigenvalue weighted by atomic mass is 16.5. The summed E-state index contributed by atoms with van der Waals surface area (Å²) in [6.07, 6.45) is 6.96. The number of benzene rings is 1. The van der Waals surface area contributed by atoms with Crippen molar-refractivity contribution in [2.24, 2.45) is 0 Å². The third-order valence-electron chi connectivity index (χ3n) is 4.40. The fraction of sp³-hybridized carbons (Fsp3) is 0.421. The number of aromatic nitrogens is 2. The minimum Gasteiger partial charge on any atom is -0.497 e. The third kappa shape index (κ3) is 2.56. The molecular weight excluding hydrogens is 272 g/mol. The first-order valence-electron chi connectivity index (χ1n) is 8.17. The Morgan fingerprint density at radius 2 is 1.95 bits per heavy atom. The Kier molecular flexibility index (Phi) is 4.32. The van der Waals surface area contributed by atoms with Crippen molar-refractivity contribution < 1.29 is 4.74 Å². The smallest absolute Gasteiger partial charge is 0.120 e. The van der Waals surface area contributed by atoms with E-state index in [2.05, 4.69) is 41.6 Å². The second-order valence-electron chi connectivity index (χ2n) is 5.89. The number of nitrogens with zero attached hydrogens (tertiary/aromatic N) is 2. The predicted octanol–water partition coefficient (Wildman–Crippen LogP) is 5.09. The average molecular weight is 296 g/mol. The second kappa shape index (κ2) is 6.39. The highest BCUT2D eigenvalue weighted by Gasteiger charge is 2.13. The maximum absolute atomic E-state index is 5.42. The minimum atomic E-state index is 0.913. The van der Waals surface area contributed by atoms with Crippen LogP contribution >= 0.6 is 0 Å². The maximum atomic E-state index is 5.42. The molecule has 0 aliphatic carbocycles. The van der Waals surface area contributed by atoms with Gasteiger partial charge in [0.25, 0.3) is 0 Å². The lowest BCUT2D eigenvalue weighted by molar-refractivity contribution is 0.415. The molecule has 0 N–H and O–H groups in total. The van der Waals surface area contributed by atoms with Gasteiger partial charge in [-0.25, -0.2) is 0 Å². The molecule has 0 radical (unpaired) electrons. The first-order valence-corrected chi connectivity index (χ1v) is 8.17. The zero-order chi connectivity index (χ0) is 15.5. The molecule has 3 heteroatoms. The van der Waals surface area contributed by atoms with Crippen molar-refractivity contribution in [2.75, 3.05) is 7.11 Å². The van der Waals surface area contributed by atoms with Gasteiger partial charge in [-0.1, -0.05) is 26.2 Å². The summed E-state index contributed by atoms with van der Waals surface area (Å²) in [5, 5.41) is 2.58. The number of ether oxygens (including phenoxy) is 1. The average Bonchev–Trinajstić information content (AvgIpc) is 2.86. The molecular formula is C19H24N2O. The summed E-state index contributed by atoms with van der Waals surface area (Å²) in [6.45, 7) is 5.39. The number of hydrogen-bond donors (Lipinski definition) is 0. The summed E-state index contributed by atoms with van der Waals surface area (Å²) in [5.41, 5.74) is 3.62. The standard InChI is InChI=1S/C19H24N2O/c1-4-5-6-7-12-21-18-13-15(22-3)8-9-16(18)17-10-11-20-14(2)19(17)21/h8-11,13H,4-7,12H2,1-3H3. The fourth-order valence-electron chi connectivity index (χ4n) is 3.26. The van der Waals surface area contributed by atoms with Crippen LogP contribution in [0, 0.1) is 6.92 Å². The van der Waals surface area contributed by atoms with Gasteiger partial charge in [-0.2, -0.15) is 0 Å². The van der Waals surface area contributed by atoms with E-state index in [1.807, 2.05) is 12.3 Å². The number of rotatable bonds is 6. The summed E-state index contributed by atoms with van der Waals surface area (Å²) in [6, 6.07) is 8.48. The van der Waals surface area contributed by atoms with Gasteiger partial charge in [0.05, 0.1) is 23.8 Å². The van der Waals surface area contributed by atoms with Crippen LogP contribution in [0.15, 0.2) is 30.5 Å². The van der Waals surface area contributed by atoms with Crippen molar-refractivity contribution in [3.63, 3.8) is 0 Å². The number of methoxy groups -OCH3 is 1. The summed E-state index contributed by atoms with van der Waals surface area (Å²) < 4.78 is 7.84. The molecule has 0 aliphatic heterocycles. The minimum absolute atomic E-state index is 0.913. The molecule has 2 heterocycles. The maximum Gasteiger partial charge on any atom is 0.120 e. The predicted molar refractivity (Wildman–Crippen MR) is 92.7 cm³/mol. The number of hydrogen-bond acceptors (Lipinski definition) is 2. The van der Waals surface area contributed by atoms with Crippen LogP contribution in [-0.4, -0.2) is 16.7 Å². The normalized spacial score (nSPS) is 11.4. The molecule has 116 valence electrons. The molecule has 3 rings (SSSR count). The van der Waals surface area contributed by atoms with Gasteiger partial charge in [0, 0.05) is 29.6 Å². The first kappa shape index (κ1) is 14.9. The van der Waals surface area contributed by atoms with Gasteiger partial charge < -0.3 is 9.30 Å². The van der Waals surface area contributed by atoms with Gasteiger partial charge in [-0.05, 0) is 31.5 Å². The molecule has 3 nitrogen and oxygen atoms in total. The zero-order valence-electron chi connectivity index (χ0n) is 13.7. The van der Waals surface area contributed by atoms with Crippen molar-refractivity contribution in [3.05, 3.63) is 36.2 Å². The zero-order valence-corrected chi connectivity index (χ0v) is 13.7. The Morgan fingerprint density at radius 3 is 2.73 bits per heavy atom. The lowest BCUT2D eigenvalue weighted by Crippen LogP contribution is -2.00. The van der Waals surface area contributed by atoms with E-state index < -0.39 is 0 Å². The van der Waals surface area contributed by atoms with Crippen molar-refractivity contribution in [2.45, 2.75) is 46.1 Å². The molecule has 0 amide bonds. The van der Waals surface area contributed by atoms with E-state index in [0.717, 1.165) is 18.0 Å². The van der Waals surface area contributed by atoms with Crippen LogP contribution in [0.25, 0.3) is 21.8 Å². The van der Waals surface area contributed by atoms with Crippen LogP contribution in [-0.2, 0) is 6.54 Å². The van der Waals surface area contributed by atoms with Gasteiger partial charge in [0.2, 0.25) is 0 Å². The van der Waals surface area contributed by atoms with Crippen LogP contribution < -0.4 is 4.74 Å². The van der Waals surface area contributed by atoms with Gasteiger partial charge in [0.15, 0.2) is 0 Å². The molecule has 0 aliphatic rings. The molecule has 0 saturated carbocycles. The lowest BCUT2D eigenvalue weighted by Gasteiger charge is -2.09. The van der Waals surface area contributed by atoms with Crippen LogP contribution in [0.1, 0.15) is 38.3 Å². The van der Waals surface area contributed by atoms with E-state index in [0.29, 0.717) is 0 Å². The molecule has 0 unspecified atom stereocenters. The number of aryl methyl sites for hydroxylation is 2. The second-order valence-corrected chi connectivity index (χ2v) is 5.89. The van der Waals surface area contributed by atoms with Gasteiger partial charge in [-0.3, -0.25) is 4.98 Å². The quantitative estimate of drug-likeness (QED) is 0.593. The highest BCUT2D eigenvalue weighted by Crippen LogP contribution is 2.32. The van der Waals surface area contributed by atoms with Crippen LogP contribution in [0.2, 0.25) is 0 Å². The van der Waals surface area contributed by atoms with Crippen molar-refractivity contribution in [1.29, 1.82) is 0 Å². The molecule has 1 aromatic carbocycles. The van der Waals surface area contributed by atoms with E-state index >= 15 is 0 Å². The highest BCUT2D eigenvalue weighted by molar-refractivity contribution is 6.09. The first-order chi connectivity index (χ1) is 10.8. The van der Waals surface area contributed by atoms with Gasteiger partial charge >= 0.3 is 0 Å². The van der Waals surface area contributed by atoms with Gasteiger partial charge in [-0.15, -0.1) is 0 Å². The van der Waals surface area contributed by atoms with E-state index in [1.165, 1.54) is 47.5 Å². The van der Waals surface area contributed by atoms with Crippen LogP contribution in [0.3, 0.4) is 0 Å². The molecule has 0 atom stereocenters. The van der Waals surface area contributed by atoms with Crippen LogP contribution in [0.4, 0.5) is 0 Å². The lowest BCUT2D eigenvalue weighted by atomic mass is 10.1. The topological polar surface area (TPSA) is 27.1 Å². The number of pyridine rings is 1. The summed E-state index contributed by atoms with van der Waals surface area (Å²) in [4.78, 5) is 4.50. The van der Waals surface area contributed by atoms with E-state index in [9.17, 15) is 0 Å². The molecule has 0 saturated heterocycles. The summed E-state index contributed by atoms with van der Waals surface area (Å²) in [5.74, 6) is 0.913. The Bertz CT molecular complexity index is 789. The largest absolute Gasteiger partial charge is 0.497 e. The molecule has 2 aromatic heterocycles. The number of unbranched alkanes of at least 4 members (excludes halogenated alkanes) is 3. The Balaban J connectivity index is 2.14. The third-order valence-corrected chi connectivity index (χ3v) is 4.40. The molecule has 22 heavy (non-hydrogen) atoms. The van der Waals surface area contributed by atoms with E-state index in [4.69, 9.17) is 4.74 Å². The van der Waals surface area contributed by atoms with Crippen LogP contribution in [0.5, 0.6) is 5.75 Å². The summed E-state index contributed by atoms with van der Waals surface area (Å²) in [7, 11) is 1.72. The number of fused-ring (bicyclic) bond motifs is 3. The SMILES string of the molecule is CCCCCCn1c2cc(OC)ccc2c2ccnc(C)c21.